The van der Waals surface area contributed by atoms with Gasteiger partial charge in [0, 0.05) is 19.4 Å². The number of piperidine rings is 1. The van der Waals surface area contributed by atoms with E-state index in [9.17, 15) is 4.79 Å². The molecule has 2 rings (SSSR count). The zero-order chi connectivity index (χ0) is 14.5. The molecule has 0 spiro atoms. The first kappa shape index (κ1) is 15.5. The molecule has 0 amide bonds. The van der Waals surface area contributed by atoms with Gasteiger partial charge in [0.1, 0.15) is 5.78 Å². The van der Waals surface area contributed by atoms with Crippen molar-refractivity contribution in [2.75, 3.05) is 13.1 Å². The van der Waals surface area contributed by atoms with Gasteiger partial charge in [0.05, 0.1) is 16.4 Å². The molecule has 1 unspecified atom stereocenters. The smallest absolute Gasteiger partial charge is 0.138 e. The van der Waals surface area contributed by atoms with Crippen LogP contribution in [-0.2, 0) is 17.8 Å². The number of halogens is 1. The number of hydrogen-bond donors (Lipinski definition) is 1. The number of aryl methyl sites for hydroxylation is 2. The van der Waals surface area contributed by atoms with Crippen LogP contribution in [0.4, 0.5) is 0 Å². The highest BCUT2D eigenvalue weighted by Gasteiger charge is 2.18. The largest absolute Gasteiger partial charge is 0.316 e. The van der Waals surface area contributed by atoms with E-state index >= 15 is 0 Å². The molecule has 5 heteroatoms. The van der Waals surface area contributed by atoms with Gasteiger partial charge in [0.15, 0.2) is 0 Å². The van der Waals surface area contributed by atoms with E-state index in [1.807, 2.05) is 18.5 Å². The van der Waals surface area contributed by atoms with Gasteiger partial charge in [0.2, 0.25) is 0 Å². The molecular formula is C15H24ClN3O. The number of carbonyl (C=O) groups is 1. The molecule has 1 atom stereocenters. The number of aromatic nitrogens is 2. The van der Waals surface area contributed by atoms with Crippen molar-refractivity contribution in [3.63, 3.8) is 0 Å². The molecule has 2 heterocycles. The molecule has 0 radical (unpaired) electrons. The fourth-order valence-electron chi connectivity index (χ4n) is 2.85. The van der Waals surface area contributed by atoms with E-state index in [1.165, 1.54) is 12.8 Å². The summed E-state index contributed by atoms with van der Waals surface area (Å²) in [5.74, 6) is 0.924. The number of nitrogens with one attached hydrogen (secondary N) is 1. The van der Waals surface area contributed by atoms with Gasteiger partial charge in [-0.05, 0) is 52.1 Å². The van der Waals surface area contributed by atoms with Gasteiger partial charge in [-0.3, -0.25) is 9.48 Å². The van der Waals surface area contributed by atoms with Crippen LogP contribution >= 0.6 is 11.6 Å². The Morgan fingerprint density at radius 3 is 3.00 bits per heavy atom. The van der Waals surface area contributed by atoms with E-state index < -0.39 is 0 Å². The van der Waals surface area contributed by atoms with E-state index in [4.69, 9.17) is 11.6 Å². The molecular weight excluding hydrogens is 274 g/mol. The normalized spacial score (nSPS) is 19.2. The van der Waals surface area contributed by atoms with Gasteiger partial charge in [-0.25, -0.2) is 0 Å². The van der Waals surface area contributed by atoms with E-state index in [2.05, 4.69) is 10.4 Å². The van der Waals surface area contributed by atoms with Crippen LogP contribution in [0.3, 0.4) is 0 Å². The summed E-state index contributed by atoms with van der Waals surface area (Å²) in [6, 6.07) is 0. The average Bonchev–Trinajstić information content (AvgIpc) is 2.74. The molecule has 112 valence electrons. The minimum Gasteiger partial charge on any atom is -0.316 e. The highest BCUT2D eigenvalue weighted by molar-refractivity contribution is 6.32. The van der Waals surface area contributed by atoms with Gasteiger partial charge in [-0.1, -0.05) is 11.6 Å². The maximum atomic E-state index is 12.2. The van der Waals surface area contributed by atoms with Crippen molar-refractivity contribution in [1.29, 1.82) is 0 Å². The second-order valence-electron chi connectivity index (χ2n) is 5.63. The third kappa shape index (κ3) is 3.83. The number of carbonyl (C=O) groups excluding carboxylic acids is 1. The lowest BCUT2D eigenvalue weighted by Crippen LogP contribution is -2.30. The van der Waals surface area contributed by atoms with Crippen LogP contribution in [0, 0.1) is 12.8 Å². The highest BCUT2D eigenvalue weighted by Crippen LogP contribution is 2.22. The molecule has 20 heavy (non-hydrogen) atoms. The second kappa shape index (κ2) is 7.23. The first-order valence-electron chi connectivity index (χ1n) is 7.56. The lowest BCUT2D eigenvalue weighted by atomic mass is 9.93. The number of ketones is 1. The second-order valence-corrected chi connectivity index (χ2v) is 6.01. The lowest BCUT2D eigenvalue weighted by Gasteiger charge is -2.22. The molecule has 0 aliphatic carbocycles. The van der Waals surface area contributed by atoms with Crippen molar-refractivity contribution >= 4 is 17.4 Å². The van der Waals surface area contributed by atoms with Crippen LogP contribution in [0.2, 0.25) is 5.02 Å². The van der Waals surface area contributed by atoms with E-state index in [-0.39, 0.29) is 5.78 Å². The zero-order valence-electron chi connectivity index (χ0n) is 12.4. The number of nitrogens with zero attached hydrogens (tertiary/aromatic N) is 2. The van der Waals surface area contributed by atoms with Crippen LogP contribution in [0.25, 0.3) is 0 Å². The number of Topliss-reactive ketones (excluding diaryl/α,β-unsaturated/α-hetero) is 1. The molecule has 1 aromatic rings. The van der Waals surface area contributed by atoms with Crippen molar-refractivity contribution in [3.8, 4) is 0 Å². The Labute approximate surface area is 125 Å². The minimum absolute atomic E-state index is 0.270. The zero-order valence-corrected chi connectivity index (χ0v) is 13.2. The SMILES string of the molecule is CCn1nc(C)c(Cl)c1CC(=O)CCC1CCCNC1. The standard InChI is InChI=1S/C15H24ClN3O/c1-3-19-14(15(16)11(2)18-19)9-13(20)7-6-12-5-4-8-17-10-12/h12,17H,3-10H2,1-2H3. The van der Waals surface area contributed by atoms with Crippen LogP contribution in [-0.4, -0.2) is 28.7 Å². The Morgan fingerprint density at radius 1 is 1.55 bits per heavy atom. The van der Waals surface area contributed by atoms with Crippen LogP contribution in [0.5, 0.6) is 0 Å². The molecule has 0 saturated carbocycles. The lowest BCUT2D eigenvalue weighted by molar-refractivity contribution is -0.118. The summed E-state index contributed by atoms with van der Waals surface area (Å²) >= 11 is 6.24. The first-order valence-corrected chi connectivity index (χ1v) is 7.93. The molecule has 0 aromatic carbocycles. The quantitative estimate of drug-likeness (QED) is 0.878. The summed E-state index contributed by atoms with van der Waals surface area (Å²) in [7, 11) is 0. The van der Waals surface area contributed by atoms with Crippen molar-refractivity contribution in [2.45, 2.75) is 52.5 Å². The molecule has 1 saturated heterocycles. The molecule has 1 fully saturated rings. The van der Waals surface area contributed by atoms with E-state index in [1.54, 1.807) is 0 Å². The van der Waals surface area contributed by atoms with Gasteiger partial charge in [0.25, 0.3) is 0 Å². The average molecular weight is 298 g/mol. The Bertz CT molecular complexity index is 464. The maximum absolute atomic E-state index is 12.2. The van der Waals surface area contributed by atoms with E-state index in [0.29, 0.717) is 23.8 Å². The molecule has 1 N–H and O–H groups in total. The summed E-state index contributed by atoms with van der Waals surface area (Å²) in [6.45, 7) is 6.83. The third-order valence-electron chi connectivity index (χ3n) is 4.05. The van der Waals surface area contributed by atoms with E-state index in [0.717, 1.165) is 37.4 Å². The van der Waals surface area contributed by atoms with Gasteiger partial charge in [-0.2, -0.15) is 5.10 Å². The Kier molecular flexibility index (Phi) is 5.61. The Hall–Kier alpha value is -0.870. The summed E-state index contributed by atoms with van der Waals surface area (Å²) < 4.78 is 1.84. The molecule has 1 aliphatic rings. The van der Waals surface area contributed by atoms with Crippen LogP contribution < -0.4 is 5.32 Å². The summed E-state index contributed by atoms with van der Waals surface area (Å²) in [5, 5.41) is 8.40. The number of rotatable bonds is 6. The number of hydrogen-bond acceptors (Lipinski definition) is 3. The van der Waals surface area contributed by atoms with Crippen molar-refractivity contribution in [1.82, 2.24) is 15.1 Å². The topological polar surface area (TPSA) is 46.9 Å². The van der Waals surface area contributed by atoms with Crippen LogP contribution in [0.1, 0.15) is 44.0 Å². The first-order chi connectivity index (χ1) is 9.61. The predicted octanol–water partition coefficient (Wildman–Crippen LogP) is 2.76. The van der Waals surface area contributed by atoms with Gasteiger partial charge < -0.3 is 5.32 Å². The Balaban J connectivity index is 1.87. The van der Waals surface area contributed by atoms with Crippen molar-refractivity contribution < 1.29 is 4.79 Å². The fourth-order valence-corrected chi connectivity index (χ4v) is 3.05. The third-order valence-corrected chi connectivity index (χ3v) is 4.54. The summed E-state index contributed by atoms with van der Waals surface area (Å²) in [5.41, 5.74) is 1.69. The van der Waals surface area contributed by atoms with Crippen molar-refractivity contribution in [2.24, 2.45) is 5.92 Å². The molecule has 1 aromatic heterocycles. The molecule has 1 aliphatic heterocycles. The highest BCUT2D eigenvalue weighted by atomic mass is 35.5. The molecule has 0 bridgehead atoms. The fraction of sp³-hybridized carbons (Fsp3) is 0.733. The predicted molar refractivity (Wildman–Crippen MR) is 81.2 cm³/mol. The summed E-state index contributed by atoms with van der Waals surface area (Å²) in [4.78, 5) is 12.2. The Morgan fingerprint density at radius 2 is 2.35 bits per heavy atom. The van der Waals surface area contributed by atoms with Crippen LogP contribution in [0.15, 0.2) is 0 Å². The minimum atomic E-state index is 0.270. The monoisotopic (exact) mass is 297 g/mol. The molecule has 4 nitrogen and oxygen atoms in total. The maximum Gasteiger partial charge on any atom is 0.138 e. The van der Waals surface area contributed by atoms with Gasteiger partial charge in [-0.15, -0.1) is 0 Å². The van der Waals surface area contributed by atoms with Crippen molar-refractivity contribution in [3.05, 3.63) is 16.4 Å². The summed E-state index contributed by atoms with van der Waals surface area (Å²) in [6.07, 6.45) is 4.52. The van der Waals surface area contributed by atoms with Gasteiger partial charge >= 0.3 is 0 Å².